The third-order valence-electron chi connectivity index (χ3n) is 5.83. The minimum absolute atomic E-state index is 0.147. The van der Waals surface area contributed by atoms with E-state index in [0.29, 0.717) is 11.6 Å². The number of hydrogen-bond acceptors (Lipinski definition) is 5. The molecule has 0 fully saturated rings. The Kier molecular flexibility index (Phi) is 7.94. The Morgan fingerprint density at radius 1 is 1.03 bits per heavy atom. The van der Waals surface area contributed by atoms with Crippen LogP contribution in [-0.2, 0) is 11.3 Å². The molecule has 0 unspecified atom stereocenters. The zero-order valence-electron chi connectivity index (χ0n) is 19.4. The molecule has 2 heterocycles. The van der Waals surface area contributed by atoms with Crippen molar-refractivity contribution in [1.82, 2.24) is 25.1 Å². The summed E-state index contributed by atoms with van der Waals surface area (Å²) in [7, 11) is 0. The van der Waals surface area contributed by atoms with Gasteiger partial charge in [0.15, 0.2) is 5.65 Å². The highest BCUT2D eigenvalue weighted by molar-refractivity contribution is 7.99. The average Bonchev–Trinajstić information content (AvgIpc) is 3.13. The number of thioether (sulfide) groups is 1. The highest BCUT2D eigenvalue weighted by Gasteiger charge is 2.15. The molecule has 0 aliphatic carbocycles. The molecule has 172 valence electrons. The number of amides is 1. The molecule has 2 aromatic heterocycles. The van der Waals surface area contributed by atoms with Gasteiger partial charge in [0, 0.05) is 30.6 Å². The molecular weight excluding hydrogens is 430 g/mol. The van der Waals surface area contributed by atoms with E-state index < -0.39 is 0 Å². The Bertz CT molecular complexity index is 1240. The van der Waals surface area contributed by atoms with Crippen molar-refractivity contribution >= 4 is 39.7 Å². The summed E-state index contributed by atoms with van der Waals surface area (Å²) in [4.78, 5) is 16.7. The maximum absolute atomic E-state index is 11.8. The maximum atomic E-state index is 11.8. The molecule has 0 bridgehead atoms. The molecule has 4 rings (SSSR count). The molecule has 0 aliphatic heterocycles. The predicted molar refractivity (Wildman–Crippen MR) is 136 cm³/mol. The van der Waals surface area contributed by atoms with Crippen LogP contribution in [0.5, 0.6) is 0 Å². The Balaban J connectivity index is 1.46. The quantitative estimate of drug-likeness (QED) is 0.235. The van der Waals surface area contributed by atoms with E-state index in [2.05, 4.69) is 76.4 Å². The van der Waals surface area contributed by atoms with E-state index in [1.165, 1.54) is 11.1 Å². The molecule has 1 amide bonds. The molecule has 33 heavy (non-hydrogen) atoms. The van der Waals surface area contributed by atoms with E-state index in [1.807, 2.05) is 6.07 Å². The highest BCUT2D eigenvalue weighted by atomic mass is 32.2. The first-order valence-corrected chi connectivity index (χ1v) is 12.7. The zero-order chi connectivity index (χ0) is 23.0. The number of nitrogens with zero attached hydrogens (tertiary/aromatic N) is 4. The highest BCUT2D eigenvalue weighted by Crippen LogP contribution is 2.28. The molecule has 0 saturated carbocycles. The summed E-state index contributed by atoms with van der Waals surface area (Å²) in [5, 5.41) is 13.7. The number of fused-ring (bicyclic) bond motifs is 3. The number of hydrogen-bond donors (Lipinski definition) is 1. The van der Waals surface area contributed by atoms with Gasteiger partial charge < -0.3 is 9.88 Å². The van der Waals surface area contributed by atoms with E-state index >= 15 is 0 Å². The molecular formula is C26H31N5OS. The van der Waals surface area contributed by atoms with Gasteiger partial charge in [0.05, 0.1) is 5.52 Å². The van der Waals surface area contributed by atoms with Crippen LogP contribution in [0.2, 0.25) is 0 Å². The second-order valence-corrected chi connectivity index (χ2v) is 9.37. The van der Waals surface area contributed by atoms with Crippen LogP contribution in [0.3, 0.4) is 0 Å². The second-order valence-electron chi connectivity index (χ2n) is 8.31. The summed E-state index contributed by atoms with van der Waals surface area (Å²) in [5.41, 5.74) is 5.36. The van der Waals surface area contributed by atoms with Crippen LogP contribution >= 0.6 is 11.8 Å². The minimum atomic E-state index is 0.147. The molecule has 1 N–H and O–H groups in total. The number of unbranched alkanes of at least 4 members (excludes halogenated alkanes) is 2. The lowest BCUT2D eigenvalue weighted by Crippen LogP contribution is -2.23. The molecule has 4 aromatic rings. The van der Waals surface area contributed by atoms with E-state index in [1.54, 1.807) is 11.8 Å². The standard InChI is InChI=1S/C26H31N5OS/c1-3-4-16-27-23(32)15-9-10-17-33-26-28-25-24(29-30-26)21-13-7-8-14-22(21)31(25)18-20-12-6-5-11-19(20)2/h5-8,11-14H,3-4,9-10,15-18H2,1-2H3,(H,27,32). The van der Waals surface area contributed by atoms with Gasteiger partial charge >= 0.3 is 0 Å². The molecule has 0 radical (unpaired) electrons. The normalized spacial score (nSPS) is 11.3. The van der Waals surface area contributed by atoms with Crippen molar-refractivity contribution in [2.75, 3.05) is 12.3 Å². The van der Waals surface area contributed by atoms with Gasteiger partial charge in [-0.05, 0) is 43.4 Å². The molecule has 6 nitrogen and oxygen atoms in total. The van der Waals surface area contributed by atoms with E-state index in [9.17, 15) is 4.79 Å². The van der Waals surface area contributed by atoms with Crippen LogP contribution < -0.4 is 5.32 Å². The van der Waals surface area contributed by atoms with Gasteiger partial charge in [0.1, 0.15) is 5.52 Å². The summed E-state index contributed by atoms with van der Waals surface area (Å²) < 4.78 is 2.24. The monoisotopic (exact) mass is 461 g/mol. The van der Waals surface area contributed by atoms with E-state index in [-0.39, 0.29) is 5.91 Å². The Hall–Kier alpha value is -2.93. The van der Waals surface area contributed by atoms with Crippen LogP contribution in [0.25, 0.3) is 22.1 Å². The van der Waals surface area contributed by atoms with Crippen LogP contribution in [0.1, 0.15) is 50.2 Å². The lowest BCUT2D eigenvalue weighted by atomic mass is 10.1. The van der Waals surface area contributed by atoms with E-state index in [4.69, 9.17) is 4.98 Å². The van der Waals surface area contributed by atoms with Crippen molar-refractivity contribution < 1.29 is 4.79 Å². The van der Waals surface area contributed by atoms with Crippen molar-refractivity contribution in [2.24, 2.45) is 0 Å². The SMILES string of the molecule is CCCCNC(=O)CCCCSc1nnc2c3ccccc3n(Cc3ccccc3C)c2n1. The Labute approximate surface area is 199 Å². The van der Waals surface area contributed by atoms with Crippen LogP contribution in [-0.4, -0.2) is 38.0 Å². The number of benzene rings is 2. The van der Waals surface area contributed by atoms with E-state index in [0.717, 1.165) is 66.6 Å². The van der Waals surface area contributed by atoms with Gasteiger partial charge in [0.25, 0.3) is 0 Å². The topological polar surface area (TPSA) is 72.7 Å². The second kappa shape index (κ2) is 11.3. The van der Waals surface area contributed by atoms with Crippen molar-refractivity contribution in [3.8, 4) is 0 Å². The fourth-order valence-corrected chi connectivity index (χ4v) is 4.69. The molecule has 0 atom stereocenters. The fraction of sp³-hybridized carbons (Fsp3) is 0.385. The minimum Gasteiger partial charge on any atom is -0.356 e. The Morgan fingerprint density at radius 2 is 1.85 bits per heavy atom. The van der Waals surface area contributed by atoms with Gasteiger partial charge in [-0.25, -0.2) is 4.98 Å². The first-order chi connectivity index (χ1) is 16.2. The zero-order valence-corrected chi connectivity index (χ0v) is 20.2. The molecule has 2 aromatic carbocycles. The van der Waals surface area contributed by atoms with Crippen LogP contribution in [0.15, 0.2) is 53.7 Å². The third kappa shape index (κ3) is 5.71. The fourth-order valence-electron chi connectivity index (χ4n) is 3.91. The lowest BCUT2D eigenvalue weighted by Gasteiger charge is -2.09. The van der Waals surface area contributed by atoms with Gasteiger partial charge in [-0.3, -0.25) is 4.79 Å². The van der Waals surface area contributed by atoms with Crippen molar-refractivity contribution in [3.05, 3.63) is 59.7 Å². The third-order valence-corrected chi connectivity index (χ3v) is 6.75. The summed E-state index contributed by atoms with van der Waals surface area (Å²) in [5.74, 6) is 1.02. The number of para-hydroxylation sites is 1. The summed E-state index contributed by atoms with van der Waals surface area (Å²) >= 11 is 1.61. The number of aryl methyl sites for hydroxylation is 1. The molecule has 0 spiro atoms. The smallest absolute Gasteiger partial charge is 0.219 e. The van der Waals surface area contributed by atoms with Crippen LogP contribution in [0.4, 0.5) is 0 Å². The van der Waals surface area contributed by atoms with Crippen LogP contribution in [0, 0.1) is 6.92 Å². The summed E-state index contributed by atoms with van der Waals surface area (Å²) in [6.07, 6.45) is 4.52. The maximum Gasteiger partial charge on any atom is 0.219 e. The largest absolute Gasteiger partial charge is 0.356 e. The number of nitrogens with one attached hydrogen (secondary N) is 1. The summed E-state index contributed by atoms with van der Waals surface area (Å²) in [6.45, 7) is 5.79. The van der Waals surface area contributed by atoms with Crippen molar-refractivity contribution in [2.45, 2.75) is 57.7 Å². The van der Waals surface area contributed by atoms with Crippen molar-refractivity contribution in [1.29, 1.82) is 0 Å². The summed E-state index contributed by atoms with van der Waals surface area (Å²) in [6, 6.07) is 16.7. The predicted octanol–water partition coefficient (Wildman–Crippen LogP) is 5.51. The van der Waals surface area contributed by atoms with Crippen molar-refractivity contribution in [3.63, 3.8) is 0 Å². The van der Waals surface area contributed by atoms with Gasteiger partial charge in [0.2, 0.25) is 11.1 Å². The number of carbonyl (C=O) groups excluding carboxylic acids is 1. The average molecular weight is 462 g/mol. The first-order valence-electron chi connectivity index (χ1n) is 11.7. The Morgan fingerprint density at radius 3 is 2.70 bits per heavy atom. The number of carbonyl (C=O) groups is 1. The number of aromatic nitrogens is 4. The van der Waals surface area contributed by atoms with Gasteiger partial charge in [-0.1, -0.05) is 67.6 Å². The number of rotatable bonds is 11. The van der Waals surface area contributed by atoms with Gasteiger partial charge in [-0.15, -0.1) is 10.2 Å². The molecule has 0 saturated heterocycles. The molecule has 0 aliphatic rings. The van der Waals surface area contributed by atoms with Gasteiger partial charge in [-0.2, -0.15) is 0 Å². The first kappa shape index (κ1) is 23.2. The molecule has 7 heteroatoms. The lowest BCUT2D eigenvalue weighted by molar-refractivity contribution is -0.121.